The molecule has 0 atom stereocenters. The van der Waals surface area contributed by atoms with Gasteiger partial charge in [-0.25, -0.2) is 9.78 Å². The molecule has 0 fully saturated rings. The summed E-state index contributed by atoms with van der Waals surface area (Å²) in [7, 11) is 1.48. The molecule has 4 rings (SSSR count). The van der Waals surface area contributed by atoms with Crippen LogP contribution in [0, 0.1) is 0 Å². The number of fused-ring (bicyclic) bond motifs is 1. The Balaban J connectivity index is 1.43. The van der Waals surface area contributed by atoms with Gasteiger partial charge in [-0.15, -0.1) is 0 Å². The highest BCUT2D eigenvalue weighted by Crippen LogP contribution is 2.28. The fourth-order valence-electron chi connectivity index (χ4n) is 3.30. The van der Waals surface area contributed by atoms with Crippen LogP contribution in [0.1, 0.15) is 20.7 Å². The van der Waals surface area contributed by atoms with Gasteiger partial charge >= 0.3 is 6.03 Å². The van der Waals surface area contributed by atoms with E-state index in [1.165, 1.54) is 25.3 Å². The number of methoxy groups -OCH3 is 1. The number of nitrogens with two attached hydrogens (primary N) is 1. The molecule has 4 aromatic rings. The maximum Gasteiger partial charge on any atom is 0.323 e. The molecule has 9 heteroatoms. The molecule has 34 heavy (non-hydrogen) atoms. The van der Waals surface area contributed by atoms with Crippen LogP contribution in [-0.2, 0) is 0 Å². The zero-order valence-electron chi connectivity index (χ0n) is 18.1. The Morgan fingerprint density at radius 3 is 2.38 bits per heavy atom. The van der Waals surface area contributed by atoms with E-state index in [1.54, 1.807) is 30.3 Å². The highest BCUT2D eigenvalue weighted by Gasteiger charge is 2.12. The van der Waals surface area contributed by atoms with Gasteiger partial charge in [0.25, 0.3) is 0 Å². The second kappa shape index (κ2) is 9.70. The number of primary amides is 1. The van der Waals surface area contributed by atoms with Crippen molar-refractivity contribution in [3.05, 3.63) is 83.9 Å². The van der Waals surface area contributed by atoms with Crippen LogP contribution in [0.5, 0.6) is 17.4 Å². The molecule has 0 bridgehead atoms. The second-order valence-corrected chi connectivity index (χ2v) is 7.17. The van der Waals surface area contributed by atoms with E-state index in [-0.39, 0.29) is 11.1 Å². The molecule has 0 aliphatic carbocycles. The van der Waals surface area contributed by atoms with E-state index in [9.17, 15) is 14.4 Å². The lowest BCUT2D eigenvalue weighted by molar-refractivity contribution is 0.0993. The number of hydrogen-bond donors (Lipinski definition) is 3. The first kappa shape index (κ1) is 22.3. The number of pyridine rings is 1. The summed E-state index contributed by atoms with van der Waals surface area (Å²) in [6.07, 6.45) is 0.540. The molecule has 0 saturated carbocycles. The molecule has 0 radical (unpaired) electrons. The zero-order valence-corrected chi connectivity index (χ0v) is 18.1. The van der Waals surface area contributed by atoms with Gasteiger partial charge in [-0.1, -0.05) is 18.2 Å². The molecule has 4 N–H and O–H groups in total. The molecule has 3 amide bonds. The largest absolute Gasteiger partial charge is 0.479 e. The first-order valence-corrected chi connectivity index (χ1v) is 10.2. The molecule has 3 aromatic carbocycles. The standard InChI is InChI=1S/C25H20N4O5/c1-33-24-22(13-15-4-2-3-5-21(15)28-24)29-25(32)27-17-6-8-18(9-7-17)34-19-10-11-20(23(26)31)16(12-19)14-30/h2-14H,1H3,(H2,26,31)(H2,27,29,32). The van der Waals surface area contributed by atoms with Gasteiger partial charge in [-0.3, -0.25) is 9.59 Å². The Hall–Kier alpha value is -4.92. The summed E-state index contributed by atoms with van der Waals surface area (Å²) >= 11 is 0. The SMILES string of the molecule is COc1nc2ccccc2cc1NC(=O)Nc1ccc(Oc2ccc(C(N)=O)c(C=O)c2)cc1. The van der Waals surface area contributed by atoms with Crippen molar-refractivity contribution in [3.8, 4) is 17.4 Å². The van der Waals surface area contributed by atoms with E-state index in [0.717, 1.165) is 10.9 Å². The Kier molecular flexibility index (Phi) is 6.35. The summed E-state index contributed by atoms with van der Waals surface area (Å²) < 4.78 is 11.0. The number of aldehydes is 1. The van der Waals surface area contributed by atoms with Gasteiger partial charge < -0.3 is 25.8 Å². The first-order chi connectivity index (χ1) is 16.5. The average Bonchev–Trinajstić information content (AvgIpc) is 2.84. The summed E-state index contributed by atoms with van der Waals surface area (Å²) in [6, 6.07) is 19.8. The normalized spacial score (nSPS) is 10.4. The van der Waals surface area contributed by atoms with E-state index in [4.69, 9.17) is 15.2 Å². The summed E-state index contributed by atoms with van der Waals surface area (Å²) in [5.74, 6) is 0.436. The monoisotopic (exact) mass is 456 g/mol. The lowest BCUT2D eigenvalue weighted by Gasteiger charge is -2.12. The number of carbonyl (C=O) groups excluding carboxylic acids is 3. The third kappa shape index (κ3) is 4.94. The van der Waals surface area contributed by atoms with Crippen molar-refractivity contribution in [2.24, 2.45) is 5.73 Å². The third-order valence-electron chi connectivity index (χ3n) is 4.89. The highest BCUT2D eigenvalue weighted by molar-refractivity contribution is 6.02. The maximum absolute atomic E-state index is 12.5. The number of nitrogens with one attached hydrogen (secondary N) is 2. The Labute approximate surface area is 194 Å². The summed E-state index contributed by atoms with van der Waals surface area (Å²) in [6.45, 7) is 0. The number of amides is 3. The van der Waals surface area contributed by atoms with Crippen LogP contribution < -0.4 is 25.8 Å². The van der Waals surface area contributed by atoms with Gasteiger partial charge in [0.1, 0.15) is 17.2 Å². The predicted molar refractivity (Wildman–Crippen MR) is 128 cm³/mol. The minimum absolute atomic E-state index is 0.117. The molecule has 0 aliphatic rings. The fraction of sp³-hybridized carbons (Fsp3) is 0.0400. The van der Waals surface area contributed by atoms with Crippen LogP contribution in [0.25, 0.3) is 10.9 Å². The molecular formula is C25H20N4O5. The topological polar surface area (TPSA) is 133 Å². The minimum Gasteiger partial charge on any atom is -0.479 e. The number of benzene rings is 3. The summed E-state index contributed by atoms with van der Waals surface area (Å²) in [5, 5.41) is 6.34. The van der Waals surface area contributed by atoms with Crippen LogP contribution in [0.4, 0.5) is 16.2 Å². The number of ether oxygens (including phenoxy) is 2. The van der Waals surface area contributed by atoms with Crippen molar-refractivity contribution < 1.29 is 23.9 Å². The quantitative estimate of drug-likeness (QED) is 0.348. The molecular weight excluding hydrogens is 436 g/mol. The number of aromatic nitrogens is 1. The maximum atomic E-state index is 12.5. The molecule has 0 unspecified atom stereocenters. The van der Waals surface area contributed by atoms with Crippen molar-refractivity contribution in [2.75, 3.05) is 17.7 Å². The Bertz CT molecular complexity index is 1390. The van der Waals surface area contributed by atoms with Gasteiger partial charge in [-0.2, -0.15) is 0 Å². The Morgan fingerprint density at radius 2 is 1.68 bits per heavy atom. The van der Waals surface area contributed by atoms with Crippen LogP contribution in [0.15, 0.2) is 72.8 Å². The smallest absolute Gasteiger partial charge is 0.323 e. The number of anilines is 2. The molecule has 170 valence electrons. The number of rotatable bonds is 7. The van der Waals surface area contributed by atoms with E-state index in [0.29, 0.717) is 35.0 Å². The van der Waals surface area contributed by atoms with Gasteiger partial charge in [0.2, 0.25) is 11.8 Å². The van der Waals surface area contributed by atoms with Crippen molar-refractivity contribution in [3.63, 3.8) is 0 Å². The van der Waals surface area contributed by atoms with Crippen LogP contribution in [-0.4, -0.2) is 30.3 Å². The molecule has 0 spiro atoms. The van der Waals surface area contributed by atoms with Crippen LogP contribution in [0.3, 0.4) is 0 Å². The average molecular weight is 456 g/mol. The summed E-state index contributed by atoms with van der Waals surface area (Å²) in [5.41, 5.74) is 7.22. The number of hydrogen-bond acceptors (Lipinski definition) is 6. The number of nitrogens with zero attached hydrogens (tertiary/aromatic N) is 1. The van der Waals surface area contributed by atoms with Gasteiger partial charge in [0.15, 0.2) is 6.29 Å². The van der Waals surface area contributed by atoms with E-state index in [2.05, 4.69) is 15.6 Å². The van der Waals surface area contributed by atoms with Crippen LogP contribution in [0.2, 0.25) is 0 Å². The van der Waals surface area contributed by atoms with Crippen LogP contribution >= 0.6 is 0 Å². The van der Waals surface area contributed by atoms with Crippen molar-refractivity contribution >= 4 is 40.5 Å². The number of carbonyl (C=O) groups is 3. The fourth-order valence-corrected chi connectivity index (χ4v) is 3.30. The van der Waals surface area contributed by atoms with Gasteiger partial charge in [-0.05, 0) is 54.6 Å². The van der Waals surface area contributed by atoms with E-state index >= 15 is 0 Å². The minimum atomic E-state index is -0.695. The predicted octanol–water partition coefficient (Wildman–Crippen LogP) is 4.59. The van der Waals surface area contributed by atoms with E-state index < -0.39 is 11.9 Å². The van der Waals surface area contributed by atoms with Crippen molar-refractivity contribution in [1.82, 2.24) is 4.98 Å². The molecule has 1 aromatic heterocycles. The van der Waals surface area contributed by atoms with Crippen molar-refractivity contribution in [2.45, 2.75) is 0 Å². The van der Waals surface area contributed by atoms with E-state index in [1.807, 2.05) is 24.3 Å². The molecule has 1 heterocycles. The zero-order chi connectivity index (χ0) is 24.1. The molecule has 0 saturated heterocycles. The number of para-hydroxylation sites is 1. The second-order valence-electron chi connectivity index (χ2n) is 7.17. The molecule has 9 nitrogen and oxygen atoms in total. The highest BCUT2D eigenvalue weighted by atomic mass is 16.5. The lowest BCUT2D eigenvalue weighted by Crippen LogP contribution is -2.20. The lowest BCUT2D eigenvalue weighted by atomic mass is 10.1. The Morgan fingerprint density at radius 1 is 0.941 bits per heavy atom. The first-order valence-electron chi connectivity index (χ1n) is 10.2. The number of urea groups is 1. The summed E-state index contributed by atoms with van der Waals surface area (Å²) in [4.78, 5) is 39.5. The van der Waals surface area contributed by atoms with Crippen molar-refractivity contribution in [1.29, 1.82) is 0 Å². The van der Waals surface area contributed by atoms with Gasteiger partial charge in [0, 0.05) is 22.2 Å². The van der Waals surface area contributed by atoms with Gasteiger partial charge in [0.05, 0.1) is 12.6 Å². The molecule has 0 aliphatic heterocycles. The third-order valence-corrected chi connectivity index (χ3v) is 4.89.